The molecule has 0 saturated carbocycles. The van der Waals surface area contributed by atoms with E-state index in [1.165, 1.54) is 0 Å². The second-order valence-corrected chi connectivity index (χ2v) is 5.72. The summed E-state index contributed by atoms with van der Waals surface area (Å²) in [5.74, 6) is -2.04. The molecule has 1 aliphatic heterocycles. The van der Waals surface area contributed by atoms with Crippen LogP contribution >= 0.6 is 0 Å². The van der Waals surface area contributed by atoms with Crippen molar-refractivity contribution in [2.75, 3.05) is 4.90 Å². The van der Waals surface area contributed by atoms with E-state index >= 15 is 0 Å². The van der Waals surface area contributed by atoms with Crippen LogP contribution in [0.15, 0.2) is 36.5 Å². The third kappa shape index (κ3) is 3.58. The second-order valence-electron chi connectivity index (χ2n) is 5.72. The molecule has 1 atom stereocenters. The van der Waals surface area contributed by atoms with Crippen molar-refractivity contribution in [3.63, 3.8) is 0 Å². The average Bonchev–Trinajstić information content (AvgIpc) is 2.58. The van der Waals surface area contributed by atoms with Crippen LogP contribution in [-0.4, -0.2) is 27.9 Å². The Labute approximate surface area is 146 Å². The Kier molecular flexibility index (Phi) is 4.49. The Morgan fingerprint density at radius 2 is 2.00 bits per heavy atom. The summed E-state index contributed by atoms with van der Waals surface area (Å²) in [6.07, 6.45) is -3.76. The van der Waals surface area contributed by atoms with Crippen molar-refractivity contribution in [2.24, 2.45) is 5.73 Å². The van der Waals surface area contributed by atoms with E-state index in [4.69, 9.17) is 5.73 Å². The Morgan fingerprint density at radius 1 is 1.31 bits per heavy atom. The number of nitrogens with zero attached hydrogens (tertiary/aromatic N) is 3. The zero-order chi connectivity index (χ0) is 18.9. The smallest absolute Gasteiger partial charge is 0.352 e. The lowest BCUT2D eigenvalue weighted by molar-refractivity contribution is -0.145. The van der Waals surface area contributed by atoms with Gasteiger partial charge in [0, 0.05) is 18.2 Å². The minimum Gasteiger partial charge on any atom is -0.352 e. The highest BCUT2D eigenvalue weighted by Gasteiger charge is 2.39. The van der Waals surface area contributed by atoms with E-state index in [-0.39, 0.29) is 18.8 Å². The molecule has 3 rings (SSSR count). The van der Waals surface area contributed by atoms with Crippen molar-refractivity contribution in [1.29, 1.82) is 0 Å². The molecule has 1 aromatic heterocycles. The third-order valence-corrected chi connectivity index (χ3v) is 3.84. The maximum absolute atomic E-state index is 13.0. The summed E-state index contributed by atoms with van der Waals surface area (Å²) in [5.41, 5.74) is 6.09. The number of carbonyl (C=O) groups is 2. The number of alkyl halides is 3. The number of halogens is 3. The van der Waals surface area contributed by atoms with E-state index in [1.54, 1.807) is 30.3 Å². The Morgan fingerprint density at radius 3 is 2.62 bits per heavy atom. The van der Waals surface area contributed by atoms with Gasteiger partial charge < -0.3 is 11.1 Å². The van der Waals surface area contributed by atoms with Crippen LogP contribution in [0.5, 0.6) is 0 Å². The molecule has 0 aliphatic carbocycles. The number of nitrogens with one attached hydrogen (secondary N) is 1. The van der Waals surface area contributed by atoms with E-state index in [2.05, 4.69) is 15.3 Å². The molecule has 1 aliphatic rings. The number of urea groups is 1. The monoisotopic (exact) mass is 365 g/mol. The largest absolute Gasteiger partial charge is 0.451 e. The number of carbonyl (C=O) groups excluding carboxylic acids is 2. The first kappa shape index (κ1) is 17.6. The molecule has 0 bridgehead atoms. The molecule has 7 nitrogen and oxygen atoms in total. The zero-order valence-corrected chi connectivity index (χ0v) is 13.3. The molecule has 2 heterocycles. The summed E-state index contributed by atoms with van der Waals surface area (Å²) in [5, 5.41) is 2.30. The number of nitrogens with two attached hydrogens (primary N) is 1. The number of hydrogen-bond acceptors (Lipinski definition) is 4. The number of aromatic nitrogens is 2. The average molecular weight is 365 g/mol. The molecule has 26 heavy (non-hydrogen) atoms. The summed E-state index contributed by atoms with van der Waals surface area (Å²) in [6.45, 7) is -0.00206. The number of rotatable bonds is 3. The Hall–Kier alpha value is -3.17. The number of fused-ring (bicyclic) bond motifs is 1. The fourth-order valence-corrected chi connectivity index (χ4v) is 2.72. The first-order chi connectivity index (χ1) is 12.3. The van der Waals surface area contributed by atoms with E-state index in [0.29, 0.717) is 11.1 Å². The van der Waals surface area contributed by atoms with Crippen molar-refractivity contribution in [3.05, 3.63) is 53.5 Å². The van der Waals surface area contributed by atoms with Crippen LogP contribution in [0.25, 0.3) is 0 Å². The van der Waals surface area contributed by atoms with Gasteiger partial charge in [0.05, 0.1) is 6.54 Å². The van der Waals surface area contributed by atoms with Crippen molar-refractivity contribution < 1.29 is 22.8 Å². The lowest BCUT2D eigenvalue weighted by Crippen LogP contribution is -2.54. The van der Waals surface area contributed by atoms with Gasteiger partial charge in [-0.1, -0.05) is 30.3 Å². The van der Waals surface area contributed by atoms with Gasteiger partial charge >= 0.3 is 12.2 Å². The van der Waals surface area contributed by atoms with Gasteiger partial charge in [-0.3, -0.25) is 9.69 Å². The molecule has 2 aromatic rings. The number of anilines is 1. The molecular weight excluding hydrogens is 351 g/mol. The molecule has 3 amide bonds. The standard InChI is InChI=1S/C16H14F3N5O2/c17-16(18,19)14-21-7-10-6-11(22-15(20)26)13(25)24(12(10)23-14)8-9-4-2-1-3-5-9/h1-5,7,11H,6,8H2,(H3,20,22,26)/t11-/m1/s1. The Balaban J connectivity index is 2.04. The van der Waals surface area contributed by atoms with Gasteiger partial charge in [-0.15, -0.1) is 0 Å². The highest BCUT2D eigenvalue weighted by molar-refractivity contribution is 6.00. The van der Waals surface area contributed by atoms with Gasteiger partial charge in [-0.25, -0.2) is 14.8 Å². The van der Waals surface area contributed by atoms with Gasteiger partial charge in [0.25, 0.3) is 5.91 Å². The van der Waals surface area contributed by atoms with Crippen LogP contribution in [0.2, 0.25) is 0 Å². The van der Waals surface area contributed by atoms with Crippen molar-refractivity contribution >= 4 is 17.8 Å². The highest BCUT2D eigenvalue weighted by atomic mass is 19.4. The summed E-state index contributed by atoms with van der Waals surface area (Å²) < 4.78 is 38.9. The molecule has 10 heteroatoms. The maximum Gasteiger partial charge on any atom is 0.451 e. The molecule has 3 N–H and O–H groups in total. The topological polar surface area (TPSA) is 101 Å². The van der Waals surface area contributed by atoms with E-state index < -0.39 is 30.0 Å². The summed E-state index contributed by atoms with van der Waals surface area (Å²) in [6, 6.07) is 6.81. The summed E-state index contributed by atoms with van der Waals surface area (Å²) >= 11 is 0. The van der Waals surface area contributed by atoms with Crippen molar-refractivity contribution in [3.8, 4) is 0 Å². The molecule has 0 spiro atoms. The van der Waals surface area contributed by atoms with Gasteiger partial charge in [-0.2, -0.15) is 13.2 Å². The van der Waals surface area contributed by atoms with Crippen LogP contribution in [0.4, 0.5) is 23.8 Å². The molecule has 0 unspecified atom stereocenters. The van der Waals surface area contributed by atoms with Crippen LogP contribution in [0, 0.1) is 0 Å². The van der Waals surface area contributed by atoms with E-state index in [9.17, 15) is 22.8 Å². The predicted octanol–water partition coefficient (Wildman–Crippen LogP) is 1.62. The molecule has 0 saturated heterocycles. The fourth-order valence-electron chi connectivity index (χ4n) is 2.72. The van der Waals surface area contributed by atoms with Gasteiger partial charge in [0.15, 0.2) is 0 Å². The van der Waals surface area contributed by atoms with E-state index in [0.717, 1.165) is 11.1 Å². The first-order valence-corrected chi connectivity index (χ1v) is 7.60. The first-order valence-electron chi connectivity index (χ1n) is 7.60. The van der Waals surface area contributed by atoms with Crippen molar-refractivity contribution in [1.82, 2.24) is 15.3 Å². The van der Waals surface area contributed by atoms with Crippen LogP contribution in [0.3, 0.4) is 0 Å². The number of amides is 3. The number of primary amides is 1. The predicted molar refractivity (Wildman–Crippen MR) is 84.9 cm³/mol. The lowest BCUT2D eigenvalue weighted by atomic mass is 10.0. The quantitative estimate of drug-likeness (QED) is 0.863. The van der Waals surface area contributed by atoms with Crippen LogP contribution in [-0.2, 0) is 23.9 Å². The molecule has 136 valence electrons. The number of benzene rings is 1. The molecular formula is C16H14F3N5O2. The number of hydrogen-bond donors (Lipinski definition) is 2. The van der Waals surface area contributed by atoms with Crippen LogP contribution in [0.1, 0.15) is 17.0 Å². The summed E-state index contributed by atoms with van der Waals surface area (Å²) in [7, 11) is 0. The third-order valence-electron chi connectivity index (χ3n) is 3.84. The fraction of sp³-hybridized carbons (Fsp3) is 0.250. The minimum atomic E-state index is -4.74. The summed E-state index contributed by atoms with van der Waals surface area (Å²) in [4.78, 5) is 31.8. The Bertz CT molecular complexity index is 842. The molecule has 0 fully saturated rings. The zero-order valence-electron chi connectivity index (χ0n) is 13.3. The van der Waals surface area contributed by atoms with Gasteiger partial charge in [0.1, 0.15) is 11.9 Å². The second kappa shape index (κ2) is 6.62. The van der Waals surface area contributed by atoms with Crippen molar-refractivity contribution in [2.45, 2.75) is 25.2 Å². The molecule has 0 radical (unpaired) electrons. The SMILES string of the molecule is NC(=O)N[C@@H]1Cc2cnc(C(F)(F)F)nc2N(Cc2ccccc2)C1=O. The minimum absolute atomic E-state index is 0.00206. The normalized spacial score (nSPS) is 17.0. The lowest BCUT2D eigenvalue weighted by Gasteiger charge is -2.33. The van der Waals surface area contributed by atoms with E-state index in [1.807, 2.05) is 0 Å². The molecule has 1 aromatic carbocycles. The van der Waals surface area contributed by atoms with Gasteiger partial charge in [0.2, 0.25) is 5.82 Å². The van der Waals surface area contributed by atoms with Gasteiger partial charge in [-0.05, 0) is 5.56 Å². The maximum atomic E-state index is 13.0. The highest BCUT2D eigenvalue weighted by Crippen LogP contribution is 2.32. The van der Waals surface area contributed by atoms with Crippen LogP contribution < -0.4 is 16.0 Å².